The maximum absolute atomic E-state index is 5.50. The van der Waals surface area contributed by atoms with E-state index in [0.29, 0.717) is 17.5 Å². The second kappa shape index (κ2) is 14.5. The number of para-hydroxylation sites is 3. The van der Waals surface area contributed by atoms with Crippen molar-refractivity contribution in [2.24, 2.45) is 0 Å². The van der Waals surface area contributed by atoms with E-state index in [-0.39, 0.29) is 0 Å². The van der Waals surface area contributed by atoms with Crippen LogP contribution in [0.5, 0.6) is 0 Å². The van der Waals surface area contributed by atoms with E-state index < -0.39 is 0 Å². The smallest absolute Gasteiger partial charge is 0.164 e. The quantitative estimate of drug-likeness (QED) is 0.168. The van der Waals surface area contributed by atoms with Crippen LogP contribution in [-0.2, 0) is 0 Å². The summed E-state index contributed by atoms with van der Waals surface area (Å²) < 4.78 is 4.74. The Labute approximate surface area is 368 Å². The fraction of sp³-hybridized carbons (Fsp3) is 0. The SMILES string of the molecule is c1ccc(-c2ccc(-c3nc(-c4cc(-n5c6ccccc6c6cc7ccccc7cc65)cc5ccccc45)nc(-c4cccc5c4c4ccccc4n5-c4ccccc4)n3)cc2)cc1. The Morgan fingerprint density at radius 1 is 0.266 bits per heavy atom. The minimum absolute atomic E-state index is 0.611. The van der Waals surface area contributed by atoms with Crippen LogP contribution >= 0.6 is 0 Å². The monoisotopic (exact) mass is 815 g/mol. The van der Waals surface area contributed by atoms with Gasteiger partial charge >= 0.3 is 0 Å². The number of nitrogens with zero attached hydrogens (tertiary/aromatic N) is 5. The van der Waals surface area contributed by atoms with E-state index in [4.69, 9.17) is 15.0 Å². The zero-order valence-electron chi connectivity index (χ0n) is 34.6. The highest BCUT2D eigenvalue weighted by Gasteiger charge is 2.22. The van der Waals surface area contributed by atoms with Crippen molar-refractivity contribution in [1.82, 2.24) is 24.1 Å². The van der Waals surface area contributed by atoms with Crippen LogP contribution in [0.3, 0.4) is 0 Å². The summed E-state index contributed by atoms with van der Waals surface area (Å²) in [7, 11) is 0. The molecular formula is C59H37N5. The van der Waals surface area contributed by atoms with Crippen molar-refractivity contribution in [3.8, 4) is 56.7 Å². The average molecular weight is 816 g/mol. The summed E-state index contributed by atoms with van der Waals surface area (Å²) in [5.74, 6) is 1.84. The topological polar surface area (TPSA) is 48.5 Å². The molecule has 0 atom stereocenters. The standard InChI is InChI=1S/C59H37N5/c1-3-16-38(17-4-1)39-30-32-40(33-31-39)57-60-58(49-26-15-29-54-56(49)48-25-12-14-28-53(48)63(54)44-21-5-2-6-22-44)62-59(61-57)51-37-45(34-43-20-9-10-23-46(43)51)64-52-27-13-11-24-47(52)50-35-41-18-7-8-19-42(41)36-55(50)64/h1-37H. The van der Waals surface area contributed by atoms with Gasteiger partial charge in [0.15, 0.2) is 17.5 Å². The molecule has 0 saturated carbocycles. The van der Waals surface area contributed by atoms with Crippen LogP contribution in [-0.4, -0.2) is 24.1 Å². The van der Waals surface area contributed by atoms with Gasteiger partial charge in [-0.1, -0.05) is 170 Å². The van der Waals surface area contributed by atoms with E-state index in [9.17, 15) is 0 Å². The minimum Gasteiger partial charge on any atom is -0.309 e. The summed E-state index contributed by atoms with van der Waals surface area (Å²) in [6, 6.07) is 79.8. The molecule has 64 heavy (non-hydrogen) atoms. The Bertz CT molecular complexity index is 3940. The van der Waals surface area contributed by atoms with Crippen molar-refractivity contribution in [1.29, 1.82) is 0 Å². The summed E-state index contributed by atoms with van der Waals surface area (Å²) in [4.78, 5) is 16.3. The van der Waals surface area contributed by atoms with Crippen LogP contribution in [0, 0.1) is 0 Å². The first-order valence-corrected chi connectivity index (χ1v) is 21.7. The molecule has 298 valence electrons. The zero-order valence-corrected chi connectivity index (χ0v) is 34.6. The normalized spacial score (nSPS) is 11.8. The molecule has 0 aliphatic rings. The maximum atomic E-state index is 5.50. The first-order chi connectivity index (χ1) is 31.7. The van der Waals surface area contributed by atoms with Gasteiger partial charge in [-0.05, 0) is 87.3 Å². The van der Waals surface area contributed by atoms with Gasteiger partial charge in [0.25, 0.3) is 0 Å². The summed E-state index contributed by atoms with van der Waals surface area (Å²) in [5, 5.41) is 9.26. The first-order valence-electron chi connectivity index (χ1n) is 21.7. The van der Waals surface area contributed by atoms with Crippen LogP contribution in [0.15, 0.2) is 224 Å². The zero-order chi connectivity index (χ0) is 42.1. The third-order valence-corrected chi connectivity index (χ3v) is 12.7. The molecule has 5 heteroatoms. The molecule has 0 bridgehead atoms. The van der Waals surface area contributed by atoms with Gasteiger partial charge in [0.05, 0.1) is 22.1 Å². The van der Waals surface area contributed by atoms with Gasteiger partial charge in [-0.15, -0.1) is 0 Å². The first kappa shape index (κ1) is 36.0. The third kappa shape index (κ3) is 5.75. The summed E-state index contributed by atoms with van der Waals surface area (Å²) in [6.07, 6.45) is 0. The molecule has 0 radical (unpaired) electrons. The van der Waals surface area contributed by atoms with Gasteiger partial charge in [-0.25, -0.2) is 15.0 Å². The molecule has 3 aromatic heterocycles. The van der Waals surface area contributed by atoms with E-state index in [2.05, 4.69) is 228 Å². The molecule has 0 spiro atoms. The van der Waals surface area contributed by atoms with E-state index in [1.807, 2.05) is 6.07 Å². The van der Waals surface area contributed by atoms with Crippen LogP contribution in [0.4, 0.5) is 0 Å². The average Bonchev–Trinajstić information content (AvgIpc) is 3.88. The fourth-order valence-electron chi connectivity index (χ4n) is 9.79. The molecule has 0 N–H and O–H groups in total. The number of aromatic nitrogens is 5. The second-order valence-corrected chi connectivity index (χ2v) is 16.4. The fourth-order valence-corrected chi connectivity index (χ4v) is 9.79. The molecule has 0 aliphatic heterocycles. The lowest BCUT2D eigenvalue weighted by molar-refractivity contribution is 1.08. The molecule has 10 aromatic carbocycles. The van der Waals surface area contributed by atoms with E-state index in [1.165, 1.54) is 21.5 Å². The second-order valence-electron chi connectivity index (χ2n) is 16.4. The van der Waals surface area contributed by atoms with Gasteiger partial charge in [0.2, 0.25) is 0 Å². The summed E-state index contributed by atoms with van der Waals surface area (Å²) in [6.45, 7) is 0. The molecule has 3 heterocycles. The molecule has 0 saturated heterocycles. The lowest BCUT2D eigenvalue weighted by Gasteiger charge is -2.15. The van der Waals surface area contributed by atoms with Crippen molar-refractivity contribution in [3.63, 3.8) is 0 Å². The Morgan fingerprint density at radius 3 is 1.56 bits per heavy atom. The maximum Gasteiger partial charge on any atom is 0.164 e. The summed E-state index contributed by atoms with van der Waals surface area (Å²) in [5.41, 5.74) is 11.7. The molecule has 0 fully saturated rings. The molecule has 13 aromatic rings. The third-order valence-electron chi connectivity index (χ3n) is 12.7. The van der Waals surface area contributed by atoms with Crippen LogP contribution in [0.2, 0.25) is 0 Å². The van der Waals surface area contributed by atoms with Gasteiger partial charge in [-0.3, -0.25) is 0 Å². The van der Waals surface area contributed by atoms with E-state index >= 15 is 0 Å². The molecule has 0 aliphatic carbocycles. The van der Waals surface area contributed by atoms with E-state index in [1.54, 1.807) is 0 Å². The largest absolute Gasteiger partial charge is 0.309 e. The Hall–Kier alpha value is -8.67. The van der Waals surface area contributed by atoms with E-state index in [0.717, 1.165) is 82.8 Å². The van der Waals surface area contributed by atoms with Crippen LogP contribution < -0.4 is 0 Å². The summed E-state index contributed by atoms with van der Waals surface area (Å²) >= 11 is 0. The van der Waals surface area contributed by atoms with Crippen LogP contribution in [0.25, 0.3) is 122 Å². The van der Waals surface area contributed by atoms with Crippen molar-refractivity contribution in [2.75, 3.05) is 0 Å². The molecule has 0 unspecified atom stereocenters. The van der Waals surface area contributed by atoms with Gasteiger partial charge < -0.3 is 9.13 Å². The molecule has 0 amide bonds. The van der Waals surface area contributed by atoms with Crippen molar-refractivity contribution >= 4 is 65.2 Å². The van der Waals surface area contributed by atoms with Gasteiger partial charge in [-0.2, -0.15) is 0 Å². The Kier molecular flexibility index (Phi) is 8.15. The number of benzene rings is 10. The lowest BCUT2D eigenvalue weighted by atomic mass is 10.0. The van der Waals surface area contributed by atoms with Gasteiger partial charge in [0, 0.05) is 49.6 Å². The highest BCUT2D eigenvalue weighted by Crippen LogP contribution is 2.41. The molecule has 5 nitrogen and oxygen atoms in total. The molecular weight excluding hydrogens is 779 g/mol. The van der Waals surface area contributed by atoms with Crippen molar-refractivity contribution in [3.05, 3.63) is 224 Å². The number of rotatable bonds is 6. The Morgan fingerprint density at radius 2 is 0.797 bits per heavy atom. The van der Waals surface area contributed by atoms with Crippen LogP contribution in [0.1, 0.15) is 0 Å². The minimum atomic E-state index is 0.611. The van der Waals surface area contributed by atoms with Crippen molar-refractivity contribution in [2.45, 2.75) is 0 Å². The number of fused-ring (bicyclic) bond motifs is 8. The predicted octanol–water partition coefficient (Wildman–Crippen LogP) is 15.0. The highest BCUT2D eigenvalue weighted by atomic mass is 15.0. The predicted molar refractivity (Wildman–Crippen MR) is 265 cm³/mol. The van der Waals surface area contributed by atoms with Gasteiger partial charge in [0.1, 0.15) is 0 Å². The lowest BCUT2D eigenvalue weighted by Crippen LogP contribution is -2.02. The molecule has 13 rings (SSSR count). The number of hydrogen-bond acceptors (Lipinski definition) is 3. The Balaban J connectivity index is 1.08. The highest BCUT2D eigenvalue weighted by molar-refractivity contribution is 6.16. The van der Waals surface area contributed by atoms with Crippen molar-refractivity contribution < 1.29 is 0 Å². The number of hydrogen-bond donors (Lipinski definition) is 0.